The topological polar surface area (TPSA) is 204 Å². The Labute approximate surface area is 191 Å². The van der Waals surface area contributed by atoms with Gasteiger partial charge in [-0.15, -0.1) is 0 Å². The van der Waals surface area contributed by atoms with Crippen molar-refractivity contribution in [1.29, 1.82) is 0 Å². The number of nitro groups is 1. The van der Waals surface area contributed by atoms with Gasteiger partial charge in [-0.25, -0.2) is 0 Å². The first kappa shape index (κ1) is 23.0. The zero-order chi connectivity index (χ0) is 23.7. The highest BCUT2D eigenvalue weighted by Gasteiger charge is 2.28. The quantitative estimate of drug-likeness (QED) is 0.286. The summed E-state index contributed by atoms with van der Waals surface area (Å²) in [6, 6.07) is 4.42. The van der Waals surface area contributed by atoms with Crippen LogP contribution in [0.15, 0.2) is 18.2 Å². The molecule has 4 rings (SSSR count). The van der Waals surface area contributed by atoms with Gasteiger partial charge in [0.05, 0.1) is 4.92 Å². The normalized spacial score (nSPS) is 25.7. The molecule has 2 fully saturated rings. The number of aryl methyl sites for hydroxylation is 1. The number of hydrogen-bond donors (Lipinski definition) is 5. The van der Waals surface area contributed by atoms with Gasteiger partial charge in [-0.3, -0.25) is 10.1 Å². The van der Waals surface area contributed by atoms with Gasteiger partial charge < -0.3 is 38.1 Å². The molecule has 0 spiro atoms. The number of nitrogens with two attached hydrogens (primary N) is 4. The summed E-state index contributed by atoms with van der Waals surface area (Å²) in [5, 5.41) is 14.3. The summed E-state index contributed by atoms with van der Waals surface area (Å²) in [5.41, 5.74) is 25.9. The molecule has 2 aromatic rings. The number of rotatable bonds is 5. The van der Waals surface area contributed by atoms with Crippen molar-refractivity contribution in [2.75, 3.05) is 41.3 Å². The van der Waals surface area contributed by atoms with Crippen molar-refractivity contribution < 1.29 is 4.92 Å². The lowest BCUT2D eigenvalue weighted by atomic mass is 10.0. The van der Waals surface area contributed by atoms with Crippen LogP contribution >= 0.6 is 0 Å². The summed E-state index contributed by atoms with van der Waals surface area (Å²) < 4.78 is 0. The van der Waals surface area contributed by atoms with Crippen molar-refractivity contribution in [2.24, 2.45) is 22.9 Å². The lowest BCUT2D eigenvalue weighted by Gasteiger charge is -2.37. The Balaban J connectivity index is 1.68. The van der Waals surface area contributed by atoms with E-state index in [9.17, 15) is 10.1 Å². The van der Waals surface area contributed by atoms with Crippen LogP contribution in [0.2, 0.25) is 0 Å². The highest BCUT2D eigenvalue weighted by molar-refractivity contribution is 5.60. The highest BCUT2D eigenvalue weighted by Crippen LogP contribution is 2.26. The number of hydrogen-bond acceptors (Lipinski definition) is 12. The molecule has 9 N–H and O–H groups in total. The van der Waals surface area contributed by atoms with Gasteiger partial charge in [0, 0.05) is 67.7 Å². The number of piperidine rings is 2. The first-order chi connectivity index (χ1) is 15.7. The average molecular weight is 458 g/mol. The number of benzene rings is 1. The molecule has 33 heavy (non-hydrogen) atoms. The van der Waals surface area contributed by atoms with E-state index in [0.29, 0.717) is 55.3 Å². The third-order valence-electron chi connectivity index (χ3n) is 5.86. The van der Waals surface area contributed by atoms with Crippen LogP contribution in [0.5, 0.6) is 0 Å². The molecule has 0 saturated carbocycles. The third-order valence-corrected chi connectivity index (χ3v) is 5.86. The molecule has 13 heteroatoms. The fraction of sp³-hybridized carbons (Fsp3) is 0.550. The van der Waals surface area contributed by atoms with Gasteiger partial charge in [-0.1, -0.05) is 0 Å². The predicted molar refractivity (Wildman–Crippen MR) is 127 cm³/mol. The number of nitrogens with one attached hydrogen (secondary N) is 1. The van der Waals surface area contributed by atoms with Gasteiger partial charge in [-0.2, -0.15) is 15.0 Å². The second-order valence-corrected chi connectivity index (χ2v) is 8.96. The van der Waals surface area contributed by atoms with E-state index < -0.39 is 4.92 Å². The maximum atomic E-state index is 11.1. The van der Waals surface area contributed by atoms with Gasteiger partial charge in [0.25, 0.3) is 5.69 Å². The van der Waals surface area contributed by atoms with E-state index in [0.717, 1.165) is 12.8 Å². The molecular formula is C20H31N11O2. The second-order valence-electron chi connectivity index (χ2n) is 8.96. The molecule has 0 radical (unpaired) electrons. The van der Waals surface area contributed by atoms with Crippen molar-refractivity contribution >= 4 is 29.2 Å². The van der Waals surface area contributed by atoms with Crippen molar-refractivity contribution in [3.8, 4) is 0 Å². The summed E-state index contributed by atoms with van der Waals surface area (Å²) in [6.45, 7) is 3.98. The monoisotopic (exact) mass is 457 g/mol. The van der Waals surface area contributed by atoms with Crippen LogP contribution in [0.4, 0.5) is 29.2 Å². The molecule has 0 amide bonds. The number of aromatic nitrogens is 3. The van der Waals surface area contributed by atoms with E-state index in [1.807, 2.05) is 9.80 Å². The van der Waals surface area contributed by atoms with E-state index in [1.54, 1.807) is 19.1 Å². The van der Waals surface area contributed by atoms with Crippen LogP contribution in [0.1, 0.15) is 18.4 Å². The molecule has 4 unspecified atom stereocenters. The lowest BCUT2D eigenvalue weighted by molar-refractivity contribution is -0.385. The number of nitrogens with zero attached hydrogens (tertiary/aromatic N) is 6. The van der Waals surface area contributed by atoms with Crippen molar-refractivity contribution in [3.63, 3.8) is 0 Å². The Morgan fingerprint density at radius 1 is 0.909 bits per heavy atom. The highest BCUT2D eigenvalue weighted by atomic mass is 16.6. The standard InChI is InChI=1S/C20H31N11O2/c1-11-4-16(2-3-17(11)31(32)33)25-18-26-19(29-7-12(21)5-13(22)8-29)28-20(27-18)30-9-14(23)6-15(24)10-30/h2-4,12-15H,5-10,21-24H2,1H3,(H,25,26,27,28). The summed E-state index contributed by atoms with van der Waals surface area (Å²) in [7, 11) is 0. The molecule has 178 valence electrons. The Morgan fingerprint density at radius 3 is 1.82 bits per heavy atom. The van der Waals surface area contributed by atoms with E-state index in [2.05, 4.69) is 15.3 Å². The smallest absolute Gasteiger partial charge is 0.272 e. The van der Waals surface area contributed by atoms with E-state index >= 15 is 0 Å². The van der Waals surface area contributed by atoms with Gasteiger partial charge >= 0.3 is 0 Å². The first-order valence-corrected chi connectivity index (χ1v) is 11.0. The Morgan fingerprint density at radius 2 is 1.39 bits per heavy atom. The minimum absolute atomic E-state index is 0.0464. The van der Waals surface area contributed by atoms with Gasteiger partial charge in [-0.05, 0) is 31.9 Å². The van der Waals surface area contributed by atoms with Gasteiger partial charge in [0.15, 0.2) is 0 Å². The Kier molecular flexibility index (Phi) is 6.56. The second kappa shape index (κ2) is 9.39. The third kappa shape index (κ3) is 5.45. The molecular weight excluding hydrogens is 426 g/mol. The van der Waals surface area contributed by atoms with Gasteiger partial charge in [0.2, 0.25) is 17.8 Å². The average Bonchev–Trinajstić information content (AvgIpc) is 2.72. The Bertz CT molecular complexity index is 955. The lowest BCUT2D eigenvalue weighted by Crippen LogP contribution is -2.54. The van der Waals surface area contributed by atoms with Crippen molar-refractivity contribution in [2.45, 2.75) is 43.9 Å². The molecule has 13 nitrogen and oxygen atoms in total. The largest absolute Gasteiger partial charge is 0.338 e. The van der Waals surface area contributed by atoms with Crippen LogP contribution in [-0.2, 0) is 0 Å². The molecule has 4 atom stereocenters. The van der Waals surface area contributed by atoms with Crippen LogP contribution in [-0.4, -0.2) is 70.2 Å². The predicted octanol–water partition coefficient (Wildman–Crippen LogP) is -0.439. The minimum atomic E-state index is -0.413. The maximum absolute atomic E-state index is 11.1. The van der Waals surface area contributed by atoms with Crippen molar-refractivity contribution in [1.82, 2.24) is 15.0 Å². The molecule has 1 aromatic heterocycles. The number of nitro benzene ring substituents is 1. The van der Waals surface area contributed by atoms with Crippen LogP contribution < -0.4 is 38.1 Å². The summed E-state index contributed by atoms with van der Waals surface area (Å²) in [5.74, 6) is 1.22. The summed E-state index contributed by atoms with van der Waals surface area (Å²) in [4.78, 5) is 28.5. The molecule has 0 bridgehead atoms. The van der Waals surface area contributed by atoms with Crippen LogP contribution in [0, 0.1) is 17.0 Å². The molecule has 3 heterocycles. The van der Waals surface area contributed by atoms with E-state index in [1.165, 1.54) is 6.07 Å². The van der Waals surface area contributed by atoms with E-state index in [-0.39, 0.29) is 29.9 Å². The molecule has 0 aliphatic carbocycles. The zero-order valence-electron chi connectivity index (χ0n) is 18.6. The van der Waals surface area contributed by atoms with E-state index in [4.69, 9.17) is 27.9 Å². The Hall–Kier alpha value is -3.13. The molecule has 2 aliphatic heterocycles. The summed E-state index contributed by atoms with van der Waals surface area (Å²) in [6.07, 6.45) is 1.47. The fourth-order valence-corrected chi connectivity index (χ4v) is 4.44. The molecule has 2 saturated heterocycles. The first-order valence-electron chi connectivity index (χ1n) is 11.0. The molecule has 1 aromatic carbocycles. The van der Waals surface area contributed by atoms with Crippen molar-refractivity contribution in [3.05, 3.63) is 33.9 Å². The SMILES string of the molecule is Cc1cc(Nc2nc(N3CC(N)CC(N)C3)nc(N3CC(N)CC(N)C3)n2)ccc1[N+](=O)[O-]. The van der Waals surface area contributed by atoms with Crippen LogP contribution in [0.25, 0.3) is 0 Å². The van der Waals surface area contributed by atoms with Crippen LogP contribution in [0.3, 0.4) is 0 Å². The zero-order valence-corrected chi connectivity index (χ0v) is 18.6. The van der Waals surface area contributed by atoms with Gasteiger partial charge in [0.1, 0.15) is 0 Å². The maximum Gasteiger partial charge on any atom is 0.272 e. The minimum Gasteiger partial charge on any atom is -0.338 e. The summed E-state index contributed by atoms with van der Waals surface area (Å²) >= 11 is 0. The number of anilines is 4. The fourth-order valence-electron chi connectivity index (χ4n) is 4.44. The molecule has 2 aliphatic rings.